The summed E-state index contributed by atoms with van der Waals surface area (Å²) < 4.78 is 69.1. The molecule has 1 amide bonds. The first-order chi connectivity index (χ1) is 18.5. The van der Waals surface area contributed by atoms with E-state index in [9.17, 15) is 26.5 Å². The Balaban J connectivity index is 1.76. The zero-order valence-corrected chi connectivity index (χ0v) is 22.3. The van der Waals surface area contributed by atoms with Gasteiger partial charge in [0.1, 0.15) is 23.5 Å². The molecule has 1 aliphatic heterocycles. The highest BCUT2D eigenvalue weighted by atomic mass is 35.5. The van der Waals surface area contributed by atoms with Crippen molar-refractivity contribution in [1.82, 2.24) is 9.88 Å². The van der Waals surface area contributed by atoms with E-state index in [1.54, 1.807) is 0 Å². The van der Waals surface area contributed by atoms with Crippen LogP contribution >= 0.6 is 11.6 Å². The molecule has 1 atom stereocenters. The molecule has 39 heavy (non-hydrogen) atoms. The lowest BCUT2D eigenvalue weighted by molar-refractivity contribution is 0.1000. The summed E-state index contributed by atoms with van der Waals surface area (Å²) >= 11 is 5.89. The van der Waals surface area contributed by atoms with Crippen LogP contribution in [-0.2, 0) is 16.7 Å². The fourth-order valence-corrected chi connectivity index (χ4v) is 5.67. The third-order valence-corrected chi connectivity index (χ3v) is 8.15. The summed E-state index contributed by atoms with van der Waals surface area (Å²) in [5.74, 6) is -2.47. The van der Waals surface area contributed by atoms with E-state index in [1.807, 2.05) is 4.90 Å². The number of aromatic nitrogens is 1. The number of carbonyl (C=O) groups excluding carboxylic acids is 1. The quantitative estimate of drug-likeness (QED) is 0.250. The molecule has 2 heterocycles. The van der Waals surface area contributed by atoms with Crippen LogP contribution in [-0.4, -0.2) is 48.4 Å². The number of rotatable bonds is 9. The summed E-state index contributed by atoms with van der Waals surface area (Å²) in [6, 6.07) is 7.42. The Morgan fingerprint density at radius 2 is 1.82 bits per heavy atom. The molecule has 3 aromatic rings. The maximum Gasteiger partial charge on any atom is 0.273 e. The third-order valence-electron chi connectivity index (χ3n) is 6.62. The minimum absolute atomic E-state index is 0.0258. The highest BCUT2D eigenvalue weighted by molar-refractivity contribution is 7.86. The number of hydrogen-bond acceptors (Lipinski definition) is 7. The van der Waals surface area contributed by atoms with Crippen molar-refractivity contribution in [2.24, 2.45) is 5.73 Å². The van der Waals surface area contributed by atoms with Crippen LogP contribution < -0.4 is 16.2 Å². The van der Waals surface area contributed by atoms with Gasteiger partial charge in [0.05, 0.1) is 5.02 Å². The molecule has 208 valence electrons. The average molecular weight is 581 g/mol. The predicted molar refractivity (Wildman–Crippen MR) is 143 cm³/mol. The Bertz CT molecular complexity index is 1500. The first kappa shape index (κ1) is 28.7. The van der Waals surface area contributed by atoms with Gasteiger partial charge in [-0.3, -0.25) is 9.35 Å². The van der Waals surface area contributed by atoms with Crippen LogP contribution in [0.15, 0.2) is 42.6 Å². The fourth-order valence-electron chi connectivity index (χ4n) is 4.54. The van der Waals surface area contributed by atoms with Gasteiger partial charge in [0.15, 0.2) is 11.6 Å². The molecule has 0 radical (unpaired) electrons. The number of hydrogen-bond donors (Lipinski definition) is 3. The lowest BCUT2D eigenvalue weighted by Gasteiger charge is -2.30. The van der Waals surface area contributed by atoms with E-state index in [1.165, 1.54) is 30.5 Å². The molecular weight excluding hydrogens is 554 g/mol. The lowest BCUT2D eigenvalue weighted by atomic mass is 9.95. The van der Waals surface area contributed by atoms with Gasteiger partial charge in [0.2, 0.25) is 5.91 Å². The van der Waals surface area contributed by atoms with Gasteiger partial charge in [-0.05, 0) is 67.4 Å². The molecule has 1 saturated heterocycles. The number of anilines is 1. The number of nitrogens with zero attached hydrogens (tertiary/aromatic N) is 2. The van der Waals surface area contributed by atoms with Crippen molar-refractivity contribution in [1.29, 1.82) is 0 Å². The normalized spacial score (nSPS) is 15.2. The van der Waals surface area contributed by atoms with Crippen LogP contribution in [0, 0.1) is 11.6 Å². The second-order valence-corrected chi connectivity index (χ2v) is 11.2. The SMILES string of the molecule is NC(=O)c1ccc(C(CN2CCCCC2)S(=O)(=O)O)c(-c2cnc(N)c(OCc3c(F)ccc(F)c3Cl)c2)c1. The van der Waals surface area contributed by atoms with Crippen LogP contribution in [0.5, 0.6) is 5.75 Å². The first-order valence-electron chi connectivity index (χ1n) is 12.1. The maximum atomic E-state index is 14.2. The zero-order valence-electron chi connectivity index (χ0n) is 20.7. The number of ether oxygens (including phenoxy) is 1. The fraction of sp³-hybridized carbons (Fsp3) is 0.308. The number of likely N-dealkylation sites (tertiary alicyclic amines) is 1. The van der Waals surface area contributed by atoms with Crippen molar-refractivity contribution in [3.05, 3.63) is 75.9 Å². The van der Waals surface area contributed by atoms with Crippen LogP contribution in [0.1, 0.15) is 46.0 Å². The number of pyridine rings is 1. The molecule has 1 aromatic heterocycles. The molecule has 5 N–H and O–H groups in total. The molecular formula is C26H27ClF2N4O5S. The summed E-state index contributed by atoms with van der Waals surface area (Å²) in [4.78, 5) is 18.0. The van der Waals surface area contributed by atoms with E-state index in [4.69, 9.17) is 27.8 Å². The summed E-state index contributed by atoms with van der Waals surface area (Å²) in [6.45, 7) is 0.919. The summed E-state index contributed by atoms with van der Waals surface area (Å²) in [7, 11) is -4.59. The van der Waals surface area contributed by atoms with E-state index in [-0.39, 0.29) is 45.9 Å². The lowest BCUT2D eigenvalue weighted by Crippen LogP contribution is -2.36. The number of carbonyl (C=O) groups is 1. The minimum atomic E-state index is -4.59. The van der Waals surface area contributed by atoms with Crippen molar-refractivity contribution >= 4 is 33.4 Å². The van der Waals surface area contributed by atoms with Crippen LogP contribution in [0.2, 0.25) is 5.02 Å². The van der Waals surface area contributed by atoms with Crippen molar-refractivity contribution in [3.63, 3.8) is 0 Å². The van der Waals surface area contributed by atoms with E-state index in [0.717, 1.165) is 31.4 Å². The Hall–Kier alpha value is -3.32. The van der Waals surface area contributed by atoms with Crippen molar-refractivity contribution in [2.45, 2.75) is 31.1 Å². The molecule has 13 heteroatoms. The van der Waals surface area contributed by atoms with Gasteiger partial charge >= 0.3 is 0 Å². The standard InChI is InChI=1S/C26H27ClF2N4O5S/c27-24-19(20(28)6-7-21(24)29)14-38-22-11-16(12-32-25(22)30)18-10-15(26(31)34)4-5-17(18)23(39(35,36)37)13-33-8-2-1-3-9-33/h4-7,10-12,23H,1-3,8-9,13-14H2,(H2,30,32)(H2,31,34)(H,35,36,37). The summed E-state index contributed by atoms with van der Waals surface area (Å²) in [5.41, 5.74) is 12.0. The van der Waals surface area contributed by atoms with Gasteiger partial charge in [-0.15, -0.1) is 0 Å². The molecule has 1 fully saturated rings. The highest BCUT2D eigenvalue weighted by Gasteiger charge is 2.31. The second kappa shape index (κ2) is 11.8. The maximum absolute atomic E-state index is 14.2. The van der Waals surface area contributed by atoms with Crippen molar-refractivity contribution < 1.29 is 31.3 Å². The zero-order chi connectivity index (χ0) is 28.3. The van der Waals surface area contributed by atoms with Crippen LogP contribution in [0.25, 0.3) is 11.1 Å². The Morgan fingerprint density at radius 3 is 2.49 bits per heavy atom. The molecule has 0 bridgehead atoms. The highest BCUT2D eigenvalue weighted by Crippen LogP contribution is 2.37. The van der Waals surface area contributed by atoms with E-state index < -0.39 is 44.5 Å². The number of halogens is 3. The average Bonchev–Trinajstić information content (AvgIpc) is 2.90. The van der Waals surface area contributed by atoms with Gasteiger partial charge in [-0.2, -0.15) is 8.42 Å². The predicted octanol–water partition coefficient (Wildman–Crippen LogP) is 4.36. The van der Waals surface area contributed by atoms with E-state index in [2.05, 4.69) is 4.98 Å². The molecule has 0 spiro atoms. The second-order valence-electron chi connectivity index (χ2n) is 9.25. The molecule has 1 aliphatic rings. The topological polar surface area (TPSA) is 149 Å². The summed E-state index contributed by atoms with van der Waals surface area (Å²) in [6.07, 6.45) is 4.19. The van der Waals surface area contributed by atoms with Crippen LogP contribution in [0.4, 0.5) is 14.6 Å². The number of nitrogen functional groups attached to an aromatic ring is 1. The largest absolute Gasteiger partial charge is 0.485 e. The number of nitrogens with two attached hydrogens (primary N) is 2. The Labute approximate surface area is 229 Å². The molecule has 0 aliphatic carbocycles. The smallest absolute Gasteiger partial charge is 0.273 e. The Kier molecular flexibility index (Phi) is 8.70. The molecule has 0 saturated carbocycles. The number of piperidine rings is 1. The van der Waals surface area contributed by atoms with Gasteiger partial charge in [0.25, 0.3) is 10.1 Å². The van der Waals surface area contributed by atoms with Gasteiger partial charge < -0.3 is 21.1 Å². The van der Waals surface area contributed by atoms with Crippen LogP contribution in [0.3, 0.4) is 0 Å². The number of amides is 1. The molecule has 4 rings (SSSR count). The van der Waals surface area contributed by atoms with Gasteiger partial charge in [-0.25, -0.2) is 13.8 Å². The number of benzene rings is 2. The third kappa shape index (κ3) is 6.64. The van der Waals surface area contributed by atoms with Crippen molar-refractivity contribution in [2.75, 3.05) is 25.4 Å². The Morgan fingerprint density at radius 1 is 1.13 bits per heavy atom. The monoisotopic (exact) mass is 580 g/mol. The summed E-state index contributed by atoms with van der Waals surface area (Å²) in [5, 5.41) is -1.78. The van der Waals surface area contributed by atoms with E-state index in [0.29, 0.717) is 13.1 Å². The van der Waals surface area contributed by atoms with E-state index >= 15 is 0 Å². The molecule has 9 nitrogen and oxygen atoms in total. The molecule has 2 aromatic carbocycles. The first-order valence-corrected chi connectivity index (χ1v) is 14.0. The number of primary amides is 1. The van der Waals surface area contributed by atoms with Gasteiger partial charge in [0, 0.05) is 29.4 Å². The van der Waals surface area contributed by atoms with Gasteiger partial charge in [-0.1, -0.05) is 24.1 Å². The van der Waals surface area contributed by atoms with Crippen molar-refractivity contribution in [3.8, 4) is 16.9 Å². The molecule has 1 unspecified atom stereocenters. The minimum Gasteiger partial charge on any atom is -0.485 e.